The van der Waals surface area contributed by atoms with Gasteiger partial charge in [0.25, 0.3) is 10.2 Å². The Labute approximate surface area is 162 Å². The molecule has 2 fully saturated rings. The quantitative estimate of drug-likeness (QED) is 0.792. The Kier molecular flexibility index (Phi) is 6.39. The van der Waals surface area contributed by atoms with Crippen LogP contribution in [0.4, 0.5) is 5.69 Å². The Hall–Kier alpha value is -1.64. The number of carbonyl (C=O) groups is 1. The molecule has 1 aromatic rings. The summed E-state index contributed by atoms with van der Waals surface area (Å²) in [6.45, 7) is 2.59. The van der Waals surface area contributed by atoms with Gasteiger partial charge < -0.3 is 10.2 Å². The number of carbonyl (C=O) groups excluding carboxylic acids is 1. The third kappa shape index (κ3) is 4.80. The van der Waals surface area contributed by atoms with Crippen LogP contribution in [0.2, 0.25) is 0 Å². The van der Waals surface area contributed by atoms with Crippen molar-refractivity contribution in [3.05, 3.63) is 29.8 Å². The number of piperidine rings is 1. The number of benzene rings is 1. The number of anilines is 1. The van der Waals surface area contributed by atoms with Gasteiger partial charge in [-0.3, -0.25) is 4.79 Å². The molecule has 2 aliphatic heterocycles. The number of hydrogen-bond acceptors (Lipinski definition) is 4. The fourth-order valence-corrected chi connectivity index (χ4v) is 5.39. The molecule has 8 heteroatoms. The maximum Gasteiger partial charge on any atom is 0.281 e. The summed E-state index contributed by atoms with van der Waals surface area (Å²) in [5.74, 6) is -0.0963. The molecule has 1 aromatic carbocycles. The van der Waals surface area contributed by atoms with E-state index in [2.05, 4.69) is 5.32 Å². The zero-order chi connectivity index (χ0) is 19.4. The molecule has 150 valence electrons. The van der Waals surface area contributed by atoms with Gasteiger partial charge in [-0.2, -0.15) is 17.0 Å². The first-order valence-electron chi connectivity index (χ1n) is 9.67. The normalized spacial score (nSPS) is 19.9. The molecule has 0 unspecified atom stereocenters. The Balaban J connectivity index is 1.47. The van der Waals surface area contributed by atoms with Crippen LogP contribution >= 0.6 is 0 Å². The van der Waals surface area contributed by atoms with E-state index in [1.165, 1.54) is 0 Å². The van der Waals surface area contributed by atoms with Gasteiger partial charge in [0.15, 0.2) is 0 Å². The SMILES string of the molecule is CN(C)c1ccc(CNC(=O)C2CCN(S(=O)(=O)N3CCCC3)CC2)cc1. The van der Waals surface area contributed by atoms with E-state index < -0.39 is 10.2 Å². The van der Waals surface area contributed by atoms with E-state index in [0.717, 1.165) is 24.1 Å². The molecule has 0 aliphatic carbocycles. The molecule has 27 heavy (non-hydrogen) atoms. The van der Waals surface area contributed by atoms with Gasteiger partial charge in [0.1, 0.15) is 0 Å². The van der Waals surface area contributed by atoms with Gasteiger partial charge in [0.2, 0.25) is 5.91 Å². The van der Waals surface area contributed by atoms with Crippen LogP contribution < -0.4 is 10.2 Å². The Morgan fingerprint density at radius 2 is 1.59 bits per heavy atom. The monoisotopic (exact) mass is 394 g/mol. The van der Waals surface area contributed by atoms with Gasteiger partial charge >= 0.3 is 0 Å². The summed E-state index contributed by atoms with van der Waals surface area (Å²) in [6, 6.07) is 8.09. The third-order valence-corrected chi connectivity index (χ3v) is 7.50. The van der Waals surface area contributed by atoms with Crippen LogP contribution in [0.15, 0.2) is 24.3 Å². The van der Waals surface area contributed by atoms with E-state index in [1.807, 2.05) is 43.3 Å². The molecule has 2 heterocycles. The second-order valence-electron chi connectivity index (χ2n) is 7.57. The summed E-state index contributed by atoms with van der Waals surface area (Å²) in [4.78, 5) is 14.5. The highest BCUT2D eigenvalue weighted by atomic mass is 32.2. The largest absolute Gasteiger partial charge is 0.378 e. The summed E-state index contributed by atoms with van der Waals surface area (Å²) >= 11 is 0. The lowest BCUT2D eigenvalue weighted by Gasteiger charge is -2.33. The Morgan fingerprint density at radius 1 is 1.04 bits per heavy atom. The van der Waals surface area contributed by atoms with E-state index in [1.54, 1.807) is 8.61 Å². The Bertz CT molecular complexity index is 735. The molecule has 0 bridgehead atoms. The summed E-state index contributed by atoms with van der Waals surface area (Å²) in [7, 11) is 0.640. The van der Waals surface area contributed by atoms with Crippen LogP contribution in [-0.4, -0.2) is 63.2 Å². The molecule has 1 N–H and O–H groups in total. The molecule has 0 radical (unpaired) electrons. The zero-order valence-corrected chi connectivity index (χ0v) is 17.0. The number of rotatable bonds is 6. The predicted octanol–water partition coefficient (Wildman–Crippen LogP) is 1.42. The maximum atomic E-state index is 12.6. The first-order chi connectivity index (χ1) is 12.9. The molecule has 2 saturated heterocycles. The van der Waals surface area contributed by atoms with Crippen molar-refractivity contribution in [2.24, 2.45) is 5.92 Å². The van der Waals surface area contributed by atoms with Crippen LogP contribution in [-0.2, 0) is 21.5 Å². The molecule has 7 nitrogen and oxygen atoms in total. The van der Waals surface area contributed by atoms with Crippen molar-refractivity contribution in [2.75, 3.05) is 45.2 Å². The second-order valence-corrected chi connectivity index (χ2v) is 9.49. The lowest BCUT2D eigenvalue weighted by Crippen LogP contribution is -2.48. The first-order valence-corrected chi connectivity index (χ1v) is 11.1. The lowest BCUT2D eigenvalue weighted by atomic mass is 9.97. The lowest BCUT2D eigenvalue weighted by molar-refractivity contribution is -0.126. The minimum absolute atomic E-state index is 0.0184. The van der Waals surface area contributed by atoms with Crippen LogP contribution in [0.25, 0.3) is 0 Å². The van der Waals surface area contributed by atoms with Crippen molar-refractivity contribution in [1.82, 2.24) is 13.9 Å². The summed E-state index contributed by atoms with van der Waals surface area (Å²) < 4.78 is 28.3. The predicted molar refractivity (Wildman–Crippen MR) is 107 cm³/mol. The summed E-state index contributed by atoms with van der Waals surface area (Å²) in [5.41, 5.74) is 2.18. The van der Waals surface area contributed by atoms with Crippen LogP contribution in [0.3, 0.4) is 0 Å². The molecule has 0 spiro atoms. The highest BCUT2D eigenvalue weighted by Gasteiger charge is 2.35. The first kappa shape index (κ1) is 20.1. The standard InChI is InChI=1S/C19H30N4O3S/c1-21(2)18-7-5-16(6-8-18)15-20-19(24)17-9-13-23(14-10-17)27(25,26)22-11-3-4-12-22/h5-8,17H,3-4,9-15H2,1-2H3,(H,20,24). The fourth-order valence-electron chi connectivity index (χ4n) is 3.68. The van der Waals surface area contributed by atoms with E-state index in [-0.39, 0.29) is 11.8 Å². The molecule has 0 saturated carbocycles. The number of hydrogen-bond donors (Lipinski definition) is 1. The van der Waals surface area contributed by atoms with Crippen molar-refractivity contribution in [3.63, 3.8) is 0 Å². The van der Waals surface area contributed by atoms with E-state index in [9.17, 15) is 13.2 Å². The molecule has 3 rings (SSSR count). The van der Waals surface area contributed by atoms with Crippen molar-refractivity contribution in [3.8, 4) is 0 Å². The van der Waals surface area contributed by atoms with Gasteiger partial charge in [-0.1, -0.05) is 12.1 Å². The van der Waals surface area contributed by atoms with Crippen molar-refractivity contribution in [2.45, 2.75) is 32.2 Å². The van der Waals surface area contributed by atoms with Gasteiger partial charge in [0.05, 0.1) is 0 Å². The minimum Gasteiger partial charge on any atom is -0.378 e. The van der Waals surface area contributed by atoms with Crippen molar-refractivity contribution in [1.29, 1.82) is 0 Å². The highest BCUT2D eigenvalue weighted by Crippen LogP contribution is 2.24. The van der Waals surface area contributed by atoms with E-state index in [4.69, 9.17) is 0 Å². The van der Waals surface area contributed by atoms with Crippen LogP contribution in [0, 0.1) is 5.92 Å². The molecule has 0 aromatic heterocycles. The number of nitrogens with one attached hydrogen (secondary N) is 1. The third-order valence-electron chi connectivity index (χ3n) is 5.46. The van der Waals surface area contributed by atoms with Crippen LogP contribution in [0.1, 0.15) is 31.2 Å². The van der Waals surface area contributed by atoms with Gasteiger partial charge in [0, 0.05) is 58.4 Å². The molecule has 0 atom stereocenters. The minimum atomic E-state index is -3.35. The maximum absolute atomic E-state index is 12.6. The summed E-state index contributed by atoms with van der Waals surface area (Å²) in [5, 5.41) is 3.00. The highest BCUT2D eigenvalue weighted by molar-refractivity contribution is 7.86. The zero-order valence-electron chi connectivity index (χ0n) is 16.2. The van der Waals surface area contributed by atoms with Crippen LogP contribution in [0.5, 0.6) is 0 Å². The van der Waals surface area contributed by atoms with Crippen molar-refractivity contribution >= 4 is 21.8 Å². The van der Waals surface area contributed by atoms with Gasteiger partial charge in [-0.15, -0.1) is 0 Å². The number of amides is 1. The average Bonchev–Trinajstić information content (AvgIpc) is 3.22. The second kappa shape index (κ2) is 8.58. The molecular weight excluding hydrogens is 364 g/mol. The van der Waals surface area contributed by atoms with E-state index in [0.29, 0.717) is 45.6 Å². The van der Waals surface area contributed by atoms with Gasteiger partial charge in [-0.05, 0) is 43.4 Å². The Morgan fingerprint density at radius 3 is 2.15 bits per heavy atom. The van der Waals surface area contributed by atoms with Gasteiger partial charge in [-0.25, -0.2) is 0 Å². The smallest absolute Gasteiger partial charge is 0.281 e. The molecule has 1 amide bonds. The molecular formula is C19H30N4O3S. The molecule has 2 aliphatic rings. The topological polar surface area (TPSA) is 73.0 Å². The summed E-state index contributed by atoms with van der Waals surface area (Å²) in [6.07, 6.45) is 3.04. The van der Waals surface area contributed by atoms with E-state index >= 15 is 0 Å². The average molecular weight is 395 g/mol. The number of nitrogens with zero attached hydrogens (tertiary/aromatic N) is 3. The fraction of sp³-hybridized carbons (Fsp3) is 0.632. The van der Waals surface area contributed by atoms with Crippen molar-refractivity contribution < 1.29 is 13.2 Å².